The van der Waals surface area contributed by atoms with Crippen LogP contribution < -0.4 is 0 Å². The normalized spacial score (nSPS) is 26.6. The Morgan fingerprint density at radius 1 is 0.778 bits per heavy atom. The lowest BCUT2D eigenvalue weighted by Crippen LogP contribution is -2.24. The fourth-order valence-corrected chi connectivity index (χ4v) is 5.73. The van der Waals surface area contributed by atoms with E-state index in [0.29, 0.717) is 23.7 Å². The average Bonchev–Trinajstić information content (AvgIpc) is 2.94. The maximum absolute atomic E-state index is 8.04. The summed E-state index contributed by atoms with van der Waals surface area (Å²) in [4.78, 5) is 0. The van der Waals surface area contributed by atoms with Gasteiger partial charge >= 0.3 is 0 Å². The first kappa shape index (κ1) is 23.7. The molecule has 1 aromatic rings. The van der Waals surface area contributed by atoms with Crippen LogP contribution in [0.2, 0.25) is 0 Å². The summed E-state index contributed by atoms with van der Waals surface area (Å²) in [6.45, 7) is 0. The summed E-state index contributed by atoms with van der Waals surface area (Å²) in [7, 11) is 0. The first-order valence-corrected chi connectivity index (χ1v) is 12.8. The van der Waals surface area contributed by atoms with Gasteiger partial charge in [0.1, 0.15) is 0 Å². The van der Waals surface area contributed by atoms with Crippen molar-refractivity contribution in [1.82, 2.24) is 0 Å². The van der Waals surface area contributed by atoms with Crippen molar-refractivity contribution in [2.24, 2.45) is 17.8 Å². The van der Waals surface area contributed by atoms with E-state index < -0.39 is 0 Å². The second-order valence-electron chi connectivity index (χ2n) is 9.58. The molecule has 3 unspecified atom stereocenters. The van der Waals surface area contributed by atoms with E-state index >= 15 is 0 Å². The molecule has 178 valence electrons. The van der Waals surface area contributed by atoms with Crippen LogP contribution in [0.15, 0.2) is 127 Å². The van der Waals surface area contributed by atoms with Crippen LogP contribution in [-0.2, 0) is 0 Å². The van der Waals surface area contributed by atoms with E-state index in [2.05, 4.69) is 79.0 Å². The van der Waals surface area contributed by atoms with Gasteiger partial charge in [-0.3, -0.25) is 0 Å². The summed E-state index contributed by atoms with van der Waals surface area (Å²) >= 11 is 0. The minimum Gasteiger partial charge on any atom is -0.309 e. The molecule has 0 heterocycles. The molecule has 0 radical (unpaired) electrons. The molecule has 4 aliphatic rings. The van der Waals surface area contributed by atoms with Crippen molar-refractivity contribution < 1.29 is 0 Å². The second-order valence-corrected chi connectivity index (χ2v) is 9.58. The maximum Gasteiger partial charge on any atom is 0.0256 e. The van der Waals surface area contributed by atoms with Gasteiger partial charge in [0.15, 0.2) is 0 Å². The van der Waals surface area contributed by atoms with Gasteiger partial charge in [0.25, 0.3) is 0 Å². The molecule has 36 heavy (non-hydrogen) atoms. The van der Waals surface area contributed by atoms with Crippen LogP contribution >= 0.6 is 0 Å². The quantitative estimate of drug-likeness (QED) is 0.298. The monoisotopic (exact) mass is 468 g/mol. The third kappa shape index (κ3) is 4.85. The molecule has 1 aromatic carbocycles. The van der Waals surface area contributed by atoms with Gasteiger partial charge in [0.05, 0.1) is 0 Å². The molecule has 2 N–H and O–H groups in total. The van der Waals surface area contributed by atoms with Gasteiger partial charge in [-0.25, -0.2) is 0 Å². The van der Waals surface area contributed by atoms with E-state index in [0.717, 1.165) is 24.0 Å². The standard InChI is InChI=1S/C34H32N2/c35-21-11-4-2-1-3-6-14-28(24-36)27-18-20-32-33(23-27)30-16-10-9-15-29(30)31-19-17-26(22-34(31)32)25-12-7-5-8-13-25/h1-12,14-21,23-26,29-30,35-36H,13,22H2/b2-1+,6-3+,11-4-,28-14+,35-21?,36-24?/t25-,26?,29?,30?/m1/s1. The highest BCUT2D eigenvalue weighted by atomic mass is 14.4. The summed E-state index contributed by atoms with van der Waals surface area (Å²) in [6, 6.07) is 6.78. The summed E-state index contributed by atoms with van der Waals surface area (Å²) < 4.78 is 0. The Morgan fingerprint density at radius 3 is 2.33 bits per heavy atom. The number of nitrogens with one attached hydrogen (secondary N) is 2. The fraction of sp³-hybridized carbons (Fsp3) is 0.176. The zero-order valence-corrected chi connectivity index (χ0v) is 20.4. The maximum atomic E-state index is 8.04. The molecular formula is C34H32N2. The molecule has 2 nitrogen and oxygen atoms in total. The first-order valence-electron chi connectivity index (χ1n) is 12.8. The van der Waals surface area contributed by atoms with Gasteiger partial charge in [-0.05, 0) is 70.2 Å². The molecule has 0 spiro atoms. The number of hydrogen-bond donors (Lipinski definition) is 2. The molecular weight excluding hydrogens is 436 g/mol. The van der Waals surface area contributed by atoms with Gasteiger partial charge in [0.2, 0.25) is 0 Å². The smallest absolute Gasteiger partial charge is 0.0256 e. The molecule has 2 heteroatoms. The number of benzene rings is 1. The Bertz CT molecular complexity index is 1330. The van der Waals surface area contributed by atoms with Crippen molar-refractivity contribution in [3.05, 3.63) is 144 Å². The van der Waals surface area contributed by atoms with E-state index in [1.807, 2.05) is 36.5 Å². The summed E-state index contributed by atoms with van der Waals surface area (Å²) in [5.74, 6) is 1.80. The van der Waals surface area contributed by atoms with Crippen LogP contribution in [0.3, 0.4) is 0 Å². The van der Waals surface area contributed by atoms with Crippen molar-refractivity contribution >= 4 is 23.6 Å². The van der Waals surface area contributed by atoms with Crippen LogP contribution in [-0.4, -0.2) is 12.4 Å². The Labute approximate surface area is 214 Å². The van der Waals surface area contributed by atoms with Crippen molar-refractivity contribution in [2.45, 2.75) is 18.8 Å². The van der Waals surface area contributed by atoms with Crippen LogP contribution in [0.1, 0.15) is 35.4 Å². The van der Waals surface area contributed by atoms with Gasteiger partial charge in [0, 0.05) is 24.3 Å². The van der Waals surface area contributed by atoms with Gasteiger partial charge in [-0.1, -0.05) is 109 Å². The Kier molecular flexibility index (Phi) is 7.33. The number of hydrogen-bond acceptors (Lipinski definition) is 2. The molecule has 0 amide bonds. The Balaban J connectivity index is 1.47. The fourth-order valence-electron chi connectivity index (χ4n) is 5.73. The highest BCUT2D eigenvalue weighted by Crippen LogP contribution is 2.51. The summed E-state index contributed by atoms with van der Waals surface area (Å²) in [6.07, 6.45) is 41.0. The number of fused-ring (bicyclic) bond motifs is 5. The first-order chi connectivity index (χ1) is 17.8. The third-order valence-corrected chi connectivity index (χ3v) is 7.52. The lowest BCUT2D eigenvalue weighted by Gasteiger charge is -2.39. The summed E-state index contributed by atoms with van der Waals surface area (Å²) in [5, 5.41) is 15.0. The van der Waals surface area contributed by atoms with E-state index in [1.54, 1.807) is 6.08 Å². The van der Waals surface area contributed by atoms with Gasteiger partial charge in [-0.15, -0.1) is 0 Å². The van der Waals surface area contributed by atoms with E-state index in [1.165, 1.54) is 34.7 Å². The van der Waals surface area contributed by atoms with Crippen molar-refractivity contribution in [2.75, 3.05) is 0 Å². The average molecular weight is 469 g/mol. The van der Waals surface area contributed by atoms with E-state index in [4.69, 9.17) is 10.8 Å². The highest BCUT2D eigenvalue weighted by molar-refractivity contribution is 6.09. The molecule has 4 atom stereocenters. The SMILES string of the molecule is N=C\C=C/C=C/C=C/C=C(\C=N)c1ccc2c(c1)C1C=CC=CC1C1=C2CC([C@@H]2C=CC=CC2)C=C1. The molecule has 0 aromatic heterocycles. The predicted octanol–water partition coefficient (Wildman–Crippen LogP) is 8.34. The Hall–Kier alpha value is -4.04. The van der Waals surface area contributed by atoms with Crippen LogP contribution in [0.25, 0.3) is 11.1 Å². The van der Waals surface area contributed by atoms with Crippen molar-refractivity contribution in [3.8, 4) is 0 Å². The molecule has 4 aliphatic carbocycles. The molecule has 0 saturated heterocycles. The minimum atomic E-state index is 0.327. The largest absolute Gasteiger partial charge is 0.309 e. The van der Waals surface area contributed by atoms with Crippen molar-refractivity contribution in [1.29, 1.82) is 10.8 Å². The number of allylic oxidation sites excluding steroid dienone is 20. The summed E-state index contributed by atoms with van der Waals surface area (Å²) in [5.41, 5.74) is 7.69. The van der Waals surface area contributed by atoms with Crippen LogP contribution in [0, 0.1) is 28.6 Å². The second kappa shape index (κ2) is 11.1. The lowest BCUT2D eigenvalue weighted by atomic mass is 9.65. The lowest BCUT2D eigenvalue weighted by molar-refractivity contribution is 0.476. The van der Waals surface area contributed by atoms with Crippen LogP contribution in [0.5, 0.6) is 0 Å². The number of rotatable bonds is 7. The third-order valence-electron chi connectivity index (χ3n) is 7.52. The Morgan fingerprint density at radius 2 is 1.56 bits per heavy atom. The molecule has 0 aliphatic heterocycles. The van der Waals surface area contributed by atoms with E-state index in [9.17, 15) is 0 Å². The molecule has 0 saturated carbocycles. The van der Waals surface area contributed by atoms with E-state index in [-0.39, 0.29) is 0 Å². The highest BCUT2D eigenvalue weighted by Gasteiger charge is 2.36. The molecule has 0 bridgehead atoms. The molecule has 0 fully saturated rings. The minimum absolute atomic E-state index is 0.327. The van der Waals surface area contributed by atoms with Crippen LogP contribution in [0.4, 0.5) is 0 Å². The van der Waals surface area contributed by atoms with Gasteiger partial charge in [-0.2, -0.15) is 0 Å². The topological polar surface area (TPSA) is 47.7 Å². The zero-order chi connectivity index (χ0) is 24.7. The molecule has 5 rings (SSSR count). The van der Waals surface area contributed by atoms with Crippen molar-refractivity contribution in [3.63, 3.8) is 0 Å². The van der Waals surface area contributed by atoms with Gasteiger partial charge < -0.3 is 10.8 Å². The predicted molar refractivity (Wildman–Crippen MR) is 154 cm³/mol. The zero-order valence-electron chi connectivity index (χ0n) is 20.4.